The molecular weight excluding hydrogens is 226 g/mol. The van der Waals surface area contributed by atoms with Crippen LogP contribution < -0.4 is 10.5 Å². The van der Waals surface area contributed by atoms with E-state index in [1.807, 2.05) is 30.3 Å². The van der Waals surface area contributed by atoms with Crippen LogP contribution in [0.3, 0.4) is 0 Å². The predicted molar refractivity (Wildman–Crippen MR) is 71.3 cm³/mol. The molecule has 98 valence electrons. The standard InChI is InChI=1S/C15H21NO2/c16-14(17)15(9-5-2-6-10-15)11-12-18-13-7-3-1-4-8-13/h1,3-4,7-8H,2,5-6,9-12H2,(H2,16,17). The second-order valence-corrected chi connectivity index (χ2v) is 5.12. The molecule has 1 fully saturated rings. The van der Waals surface area contributed by atoms with Gasteiger partial charge in [0.25, 0.3) is 0 Å². The predicted octanol–water partition coefficient (Wildman–Crippen LogP) is 2.89. The molecule has 1 amide bonds. The summed E-state index contributed by atoms with van der Waals surface area (Å²) in [5, 5.41) is 0. The molecule has 1 aliphatic rings. The molecule has 1 saturated carbocycles. The van der Waals surface area contributed by atoms with E-state index in [0.29, 0.717) is 6.61 Å². The molecule has 0 bridgehead atoms. The number of rotatable bonds is 5. The minimum absolute atomic E-state index is 0.154. The van der Waals surface area contributed by atoms with E-state index >= 15 is 0 Å². The lowest BCUT2D eigenvalue weighted by atomic mass is 9.71. The second-order valence-electron chi connectivity index (χ2n) is 5.12. The fourth-order valence-corrected chi connectivity index (χ4v) is 2.73. The largest absolute Gasteiger partial charge is 0.494 e. The average molecular weight is 247 g/mol. The summed E-state index contributed by atoms with van der Waals surface area (Å²) in [6.07, 6.45) is 6.00. The third kappa shape index (κ3) is 3.03. The highest BCUT2D eigenvalue weighted by atomic mass is 16.5. The molecule has 2 rings (SSSR count). The van der Waals surface area contributed by atoms with Crippen LogP contribution in [-0.2, 0) is 4.79 Å². The van der Waals surface area contributed by atoms with Gasteiger partial charge >= 0.3 is 0 Å². The third-order valence-corrected chi connectivity index (χ3v) is 3.93. The molecule has 3 nitrogen and oxygen atoms in total. The minimum Gasteiger partial charge on any atom is -0.494 e. The Morgan fingerprint density at radius 3 is 2.44 bits per heavy atom. The van der Waals surface area contributed by atoms with Crippen LogP contribution >= 0.6 is 0 Å². The normalized spacial score (nSPS) is 18.2. The van der Waals surface area contributed by atoms with Crippen LogP contribution in [0.2, 0.25) is 0 Å². The van der Waals surface area contributed by atoms with Gasteiger partial charge in [-0.1, -0.05) is 37.5 Å². The van der Waals surface area contributed by atoms with Crippen LogP contribution in [0, 0.1) is 5.41 Å². The smallest absolute Gasteiger partial charge is 0.223 e. The zero-order valence-corrected chi connectivity index (χ0v) is 10.7. The van der Waals surface area contributed by atoms with Gasteiger partial charge in [-0.25, -0.2) is 0 Å². The Morgan fingerprint density at radius 2 is 1.83 bits per heavy atom. The fourth-order valence-electron chi connectivity index (χ4n) is 2.73. The van der Waals surface area contributed by atoms with E-state index in [4.69, 9.17) is 10.5 Å². The molecule has 0 aromatic heterocycles. The van der Waals surface area contributed by atoms with E-state index in [2.05, 4.69) is 0 Å². The number of para-hydroxylation sites is 1. The highest BCUT2D eigenvalue weighted by Gasteiger charge is 2.37. The summed E-state index contributed by atoms with van der Waals surface area (Å²) < 4.78 is 5.68. The van der Waals surface area contributed by atoms with E-state index in [0.717, 1.165) is 37.9 Å². The molecule has 2 N–H and O–H groups in total. The van der Waals surface area contributed by atoms with E-state index in [-0.39, 0.29) is 11.3 Å². The quantitative estimate of drug-likeness (QED) is 0.869. The number of hydrogen-bond acceptors (Lipinski definition) is 2. The van der Waals surface area contributed by atoms with Crippen molar-refractivity contribution >= 4 is 5.91 Å². The number of nitrogens with two attached hydrogens (primary N) is 1. The van der Waals surface area contributed by atoms with Gasteiger partial charge in [0.1, 0.15) is 5.75 Å². The van der Waals surface area contributed by atoms with Crippen molar-refractivity contribution in [3.63, 3.8) is 0 Å². The number of ether oxygens (including phenoxy) is 1. The van der Waals surface area contributed by atoms with Gasteiger partial charge in [-0.3, -0.25) is 4.79 Å². The molecule has 1 aliphatic carbocycles. The summed E-state index contributed by atoms with van der Waals surface area (Å²) in [6.45, 7) is 0.562. The van der Waals surface area contributed by atoms with Gasteiger partial charge in [-0.15, -0.1) is 0 Å². The molecule has 18 heavy (non-hydrogen) atoms. The molecule has 0 radical (unpaired) electrons. The highest BCUT2D eigenvalue weighted by molar-refractivity contribution is 5.80. The molecule has 3 heteroatoms. The van der Waals surface area contributed by atoms with Crippen LogP contribution in [0.15, 0.2) is 30.3 Å². The summed E-state index contributed by atoms with van der Waals surface area (Å²) in [5.41, 5.74) is 5.26. The highest BCUT2D eigenvalue weighted by Crippen LogP contribution is 2.39. The van der Waals surface area contributed by atoms with Crippen molar-refractivity contribution in [1.29, 1.82) is 0 Å². The van der Waals surface area contributed by atoms with Crippen LogP contribution in [0.25, 0.3) is 0 Å². The van der Waals surface area contributed by atoms with Crippen LogP contribution in [0.5, 0.6) is 5.75 Å². The third-order valence-electron chi connectivity index (χ3n) is 3.93. The Bertz CT molecular complexity index is 383. The van der Waals surface area contributed by atoms with Crippen molar-refractivity contribution in [3.8, 4) is 5.75 Å². The van der Waals surface area contributed by atoms with Crippen LogP contribution in [0.1, 0.15) is 38.5 Å². The van der Waals surface area contributed by atoms with Crippen molar-refractivity contribution in [1.82, 2.24) is 0 Å². The lowest BCUT2D eigenvalue weighted by molar-refractivity contribution is -0.130. The van der Waals surface area contributed by atoms with Crippen molar-refractivity contribution in [2.45, 2.75) is 38.5 Å². The summed E-state index contributed by atoms with van der Waals surface area (Å²) >= 11 is 0. The Balaban J connectivity index is 1.88. The van der Waals surface area contributed by atoms with Gasteiger partial charge < -0.3 is 10.5 Å². The maximum Gasteiger partial charge on any atom is 0.223 e. The molecule has 1 aromatic rings. The number of primary amides is 1. The molecule has 0 heterocycles. The Morgan fingerprint density at radius 1 is 1.17 bits per heavy atom. The first-order chi connectivity index (χ1) is 8.73. The molecule has 0 saturated heterocycles. The summed E-state index contributed by atoms with van der Waals surface area (Å²) in [4.78, 5) is 11.7. The maximum absolute atomic E-state index is 11.7. The molecule has 0 unspecified atom stereocenters. The molecular formula is C15H21NO2. The van der Waals surface area contributed by atoms with E-state index < -0.39 is 0 Å². The Kier molecular flexibility index (Phi) is 4.24. The SMILES string of the molecule is NC(=O)C1(CCOc2ccccc2)CCCCC1. The maximum atomic E-state index is 11.7. The van der Waals surface area contributed by atoms with Crippen LogP contribution in [-0.4, -0.2) is 12.5 Å². The fraction of sp³-hybridized carbons (Fsp3) is 0.533. The van der Waals surface area contributed by atoms with Gasteiger partial charge in [0, 0.05) is 0 Å². The topological polar surface area (TPSA) is 52.3 Å². The Labute approximate surface area is 108 Å². The first kappa shape index (κ1) is 12.9. The lowest BCUT2D eigenvalue weighted by Gasteiger charge is -2.34. The Hall–Kier alpha value is -1.51. The average Bonchev–Trinajstić information content (AvgIpc) is 2.41. The number of hydrogen-bond donors (Lipinski definition) is 1. The zero-order valence-electron chi connectivity index (χ0n) is 10.7. The summed E-state index contributed by atoms with van der Waals surface area (Å²) in [5.74, 6) is 0.701. The molecule has 0 aliphatic heterocycles. The second kappa shape index (κ2) is 5.89. The monoisotopic (exact) mass is 247 g/mol. The number of carbonyl (C=O) groups is 1. The molecule has 1 aromatic carbocycles. The van der Waals surface area contributed by atoms with Crippen molar-refractivity contribution in [3.05, 3.63) is 30.3 Å². The first-order valence-electron chi connectivity index (χ1n) is 6.71. The minimum atomic E-state index is -0.326. The summed E-state index contributed by atoms with van der Waals surface area (Å²) in [7, 11) is 0. The number of amides is 1. The van der Waals surface area contributed by atoms with Gasteiger partial charge in [0.05, 0.1) is 12.0 Å². The van der Waals surface area contributed by atoms with Crippen LogP contribution in [0.4, 0.5) is 0 Å². The summed E-state index contributed by atoms with van der Waals surface area (Å²) in [6, 6.07) is 9.70. The van der Waals surface area contributed by atoms with Gasteiger partial charge in [0.15, 0.2) is 0 Å². The van der Waals surface area contributed by atoms with Gasteiger partial charge in [-0.2, -0.15) is 0 Å². The first-order valence-corrected chi connectivity index (χ1v) is 6.71. The van der Waals surface area contributed by atoms with Gasteiger partial charge in [-0.05, 0) is 31.4 Å². The number of benzene rings is 1. The zero-order chi connectivity index (χ0) is 12.8. The van der Waals surface area contributed by atoms with Crippen molar-refractivity contribution in [2.24, 2.45) is 11.1 Å². The lowest BCUT2D eigenvalue weighted by Crippen LogP contribution is -2.40. The van der Waals surface area contributed by atoms with E-state index in [1.54, 1.807) is 0 Å². The number of carbonyl (C=O) groups excluding carboxylic acids is 1. The van der Waals surface area contributed by atoms with Crippen molar-refractivity contribution < 1.29 is 9.53 Å². The van der Waals surface area contributed by atoms with E-state index in [1.165, 1.54) is 6.42 Å². The van der Waals surface area contributed by atoms with E-state index in [9.17, 15) is 4.79 Å². The van der Waals surface area contributed by atoms with Crippen molar-refractivity contribution in [2.75, 3.05) is 6.61 Å². The molecule has 0 atom stereocenters. The van der Waals surface area contributed by atoms with Gasteiger partial charge in [0.2, 0.25) is 5.91 Å². The molecule has 0 spiro atoms.